The first-order valence-electron chi connectivity index (χ1n) is 6.89. The Balaban J connectivity index is 2.47. The minimum Gasteiger partial charge on any atom is -0.493 e. The monoisotopic (exact) mass is 286 g/mol. The lowest BCUT2D eigenvalue weighted by Gasteiger charge is -2.10. The quantitative estimate of drug-likeness (QED) is 0.679. The predicted molar refractivity (Wildman–Crippen MR) is 79.1 cm³/mol. The highest BCUT2D eigenvalue weighted by Crippen LogP contribution is 2.36. The molecule has 0 saturated carbocycles. The Morgan fingerprint density at radius 3 is 3.00 bits per heavy atom. The van der Waals surface area contributed by atoms with E-state index >= 15 is 0 Å². The number of nitrogens with zero attached hydrogens (tertiary/aromatic N) is 1. The average Bonchev–Trinajstić information content (AvgIpc) is 2.83. The zero-order valence-corrected chi connectivity index (χ0v) is 12.4. The van der Waals surface area contributed by atoms with Gasteiger partial charge >= 0.3 is 0 Å². The van der Waals surface area contributed by atoms with E-state index in [0.29, 0.717) is 17.9 Å². The first kappa shape index (κ1) is 14.9. The second-order valence-electron chi connectivity index (χ2n) is 4.81. The summed E-state index contributed by atoms with van der Waals surface area (Å²) in [5.41, 5.74) is 1.79. The summed E-state index contributed by atoms with van der Waals surface area (Å²) in [6.07, 6.45) is 2.49. The van der Waals surface area contributed by atoms with Crippen LogP contribution in [0.5, 0.6) is 11.5 Å². The van der Waals surface area contributed by atoms with E-state index in [9.17, 15) is 4.79 Å². The molecule has 0 aromatic heterocycles. The Morgan fingerprint density at radius 2 is 2.38 bits per heavy atom. The Kier molecular flexibility index (Phi) is 4.49. The number of rotatable bonds is 4. The van der Waals surface area contributed by atoms with E-state index in [-0.39, 0.29) is 11.7 Å². The third-order valence-electron chi connectivity index (χ3n) is 3.22. The molecule has 1 aliphatic rings. The molecule has 21 heavy (non-hydrogen) atoms. The SMILES string of the molecule is CCOc1cc2c(cc1/C=C(\C#N)C(=O)NC)O[C@@H](C)C2. The van der Waals surface area contributed by atoms with E-state index < -0.39 is 5.91 Å². The maximum absolute atomic E-state index is 11.6. The smallest absolute Gasteiger partial charge is 0.261 e. The van der Waals surface area contributed by atoms with Crippen molar-refractivity contribution >= 4 is 12.0 Å². The van der Waals surface area contributed by atoms with Gasteiger partial charge in [0.1, 0.15) is 29.2 Å². The summed E-state index contributed by atoms with van der Waals surface area (Å²) in [7, 11) is 1.49. The summed E-state index contributed by atoms with van der Waals surface area (Å²) < 4.78 is 11.3. The fourth-order valence-electron chi connectivity index (χ4n) is 2.29. The molecule has 1 amide bonds. The van der Waals surface area contributed by atoms with Crippen LogP contribution in [-0.2, 0) is 11.2 Å². The van der Waals surface area contributed by atoms with E-state index in [1.54, 1.807) is 0 Å². The summed E-state index contributed by atoms with van der Waals surface area (Å²) in [5, 5.41) is 11.5. The van der Waals surface area contributed by atoms with E-state index in [1.807, 2.05) is 32.0 Å². The van der Waals surface area contributed by atoms with Gasteiger partial charge in [0.15, 0.2) is 0 Å². The molecule has 0 bridgehead atoms. The van der Waals surface area contributed by atoms with Crippen molar-refractivity contribution < 1.29 is 14.3 Å². The first-order chi connectivity index (χ1) is 10.1. The second-order valence-corrected chi connectivity index (χ2v) is 4.81. The van der Waals surface area contributed by atoms with Crippen LogP contribution in [-0.4, -0.2) is 25.7 Å². The predicted octanol–water partition coefficient (Wildman–Crippen LogP) is 2.06. The van der Waals surface area contributed by atoms with Gasteiger partial charge in [-0.25, -0.2) is 0 Å². The van der Waals surface area contributed by atoms with Crippen LogP contribution in [0.25, 0.3) is 6.08 Å². The van der Waals surface area contributed by atoms with Crippen LogP contribution >= 0.6 is 0 Å². The number of nitriles is 1. The lowest BCUT2D eigenvalue weighted by atomic mass is 10.0. The van der Waals surface area contributed by atoms with E-state index in [2.05, 4.69) is 5.32 Å². The van der Waals surface area contributed by atoms with Crippen molar-refractivity contribution in [2.75, 3.05) is 13.7 Å². The van der Waals surface area contributed by atoms with Gasteiger partial charge in [0.25, 0.3) is 5.91 Å². The van der Waals surface area contributed by atoms with Gasteiger partial charge in [-0.15, -0.1) is 0 Å². The lowest BCUT2D eigenvalue weighted by Crippen LogP contribution is -2.19. The molecular weight excluding hydrogens is 268 g/mol. The van der Waals surface area contributed by atoms with Crippen molar-refractivity contribution in [2.24, 2.45) is 0 Å². The molecule has 110 valence electrons. The number of ether oxygens (including phenoxy) is 2. The van der Waals surface area contributed by atoms with Crippen LogP contribution in [0.1, 0.15) is 25.0 Å². The van der Waals surface area contributed by atoms with E-state index in [0.717, 1.165) is 17.7 Å². The topological polar surface area (TPSA) is 71.3 Å². The summed E-state index contributed by atoms with van der Waals surface area (Å²) in [6.45, 7) is 4.41. The van der Waals surface area contributed by atoms with Gasteiger partial charge in [-0.3, -0.25) is 4.79 Å². The number of hydrogen-bond donors (Lipinski definition) is 1. The summed E-state index contributed by atoms with van der Waals surface area (Å²) in [6, 6.07) is 5.65. The molecule has 5 heteroatoms. The normalized spacial score (nSPS) is 16.7. The van der Waals surface area contributed by atoms with Crippen molar-refractivity contribution in [3.8, 4) is 17.6 Å². The van der Waals surface area contributed by atoms with E-state index in [4.69, 9.17) is 14.7 Å². The number of amides is 1. The molecule has 0 fully saturated rings. The van der Waals surface area contributed by atoms with Crippen molar-refractivity contribution in [3.05, 3.63) is 28.8 Å². The number of benzene rings is 1. The van der Waals surface area contributed by atoms with Crippen molar-refractivity contribution in [1.82, 2.24) is 5.32 Å². The molecule has 0 spiro atoms. The van der Waals surface area contributed by atoms with Crippen molar-refractivity contribution in [1.29, 1.82) is 5.26 Å². The van der Waals surface area contributed by atoms with Gasteiger partial charge in [-0.2, -0.15) is 5.26 Å². The molecule has 2 rings (SSSR count). The minimum atomic E-state index is -0.422. The molecule has 0 aliphatic carbocycles. The highest BCUT2D eigenvalue weighted by molar-refractivity contribution is 6.01. The Hall–Kier alpha value is -2.48. The zero-order chi connectivity index (χ0) is 15.4. The molecule has 1 heterocycles. The largest absolute Gasteiger partial charge is 0.493 e. The minimum absolute atomic E-state index is 0.0319. The third kappa shape index (κ3) is 3.16. The first-order valence-corrected chi connectivity index (χ1v) is 6.89. The van der Waals surface area contributed by atoms with Crippen molar-refractivity contribution in [2.45, 2.75) is 26.4 Å². The van der Waals surface area contributed by atoms with Gasteiger partial charge in [0, 0.05) is 24.6 Å². The fourth-order valence-corrected chi connectivity index (χ4v) is 2.29. The zero-order valence-electron chi connectivity index (χ0n) is 12.4. The maximum Gasteiger partial charge on any atom is 0.261 e. The summed E-state index contributed by atoms with van der Waals surface area (Å²) in [5.74, 6) is 1.02. The van der Waals surface area contributed by atoms with Gasteiger partial charge in [-0.05, 0) is 32.1 Å². The van der Waals surface area contributed by atoms with Crippen molar-refractivity contribution in [3.63, 3.8) is 0 Å². The molecular formula is C16H18N2O3. The van der Waals surface area contributed by atoms with Gasteiger partial charge in [-0.1, -0.05) is 0 Å². The second kappa shape index (κ2) is 6.31. The number of carbonyl (C=O) groups is 1. The molecule has 5 nitrogen and oxygen atoms in total. The molecule has 0 saturated heterocycles. The van der Waals surface area contributed by atoms with Gasteiger partial charge in [0.2, 0.25) is 0 Å². The van der Waals surface area contributed by atoms with Gasteiger partial charge < -0.3 is 14.8 Å². The van der Waals surface area contributed by atoms with Crippen LogP contribution < -0.4 is 14.8 Å². The highest BCUT2D eigenvalue weighted by atomic mass is 16.5. The fraction of sp³-hybridized carbons (Fsp3) is 0.375. The average molecular weight is 286 g/mol. The molecule has 0 unspecified atom stereocenters. The molecule has 1 aromatic rings. The van der Waals surface area contributed by atoms with E-state index in [1.165, 1.54) is 13.1 Å². The standard InChI is InChI=1S/C16H18N2O3/c1-4-20-14-7-11-5-10(2)21-15(11)8-12(14)6-13(9-17)16(19)18-3/h6-8,10H,4-5H2,1-3H3,(H,18,19)/b13-6+/t10-/m0/s1. The van der Waals surface area contributed by atoms with Crippen LogP contribution in [0, 0.1) is 11.3 Å². The number of likely N-dealkylation sites (N-methyl/N-ethyl adjacent to an activating group) is 1. The number of nitrogens with one attached hydrogen (secondary N) is 1. The van der Waals surface area contributed by atoms with Gasteiger partial charge in [0.05, 0.1) is 6.61 Å². The Morgan fingerprint density at radius 1 is 1.62 bits per heavy atom. The molecule has 1 aromatic carbocycles. The molecule has 1 aliphatic heterocycles. The maximum atomic E-state index is 11.6. The van der Waals surface area contributed by atoms with Crippen LogP contribution in [0.15, 0.2) is 17.7 Å². The Bertz CT molecular complexity index is 629. The van der Waals surface area contributed by atoms with Crippen LogP contribution in [0.2, 0.25) is 0 Å². The number of hydrogen-bond acceptors (Lipinski definition) is 4. The third-order valence-corrected chi connectivity index (χ3v) is 3.22. The number of fused-ring (bicyclic) bond motifs is 1. The summed E-state index contributed by atoms with van der Waals surface area (Å²) >= 11 is 0. The highest BCUT2D eigenvalue weighted by Gasteiger charge is 2.22. The van der Waals surface area contributed by atoms with Crippen LogP contribution in [0.4, 0.5) is 0 Å². The molecule has 1 N–H and O–H groups in total. The summed E-state index contributed by atoms with van der Waals surface area (Å²) in [4.78, 5) is 11.6. The Labute approximate surface area is 124 Å². The number of carbonyl (C=O) groups excluding carboxylic acids is 1. The molecule has 1 atom stereocenters. The lowest BCUT2D eigenvalue weighted by molar-refractivity contribution is -0.116. The van der Waals surface area contributed by atoms with Crippen LogP contribution in [0.3, 0.4) is 0 Å². The molecule has 0 radical (unpaired) electrons.